The van der Waals surface area contributed by atoms with Crippen molar-refractivity contribution in [2.45, 2.75) is 25.8 Å². The predicted molar refractivity (Wildman–Crippen MR) is 67.2 cm³/mol. The average Bonchev–Trinajstić information content (AvgIpc) is 2.76. The minimum atomic E-state index is -0.377. The van der Waals surface area contributed by atoms with Crippen LogP contribution in [0, 0.1) is 5.82 Å². The summed E-state index contributed by atoms with van der Waals surface area (Å²) in [6.45, 7) is 2.87. The molecule has 1 saturated heterocycles. The zero-order valence-corrected chi connectivity index (χ0v) is 10.3. The lowest BCUT2D eigenvalue weighted by atomic mass is 10.2. The van der Waals surface area contributed by atoms with Crippen LogP contribution in [0.4, 0.5) is 10.1 Å². The first kappa shape index (κ1) is 12.7. The number of halogens is 1. The van der Waals surface area contributed by atoms with Crippen molar-refractivity contribution in [2.24, 2.45) is 0 Å². The molecule has 0 radical (unpaired) electrons. The van der Waals surface area contributed by atoms with Gasteiger partial charge < -0.3 is 15.4 Å². The summed E-state index contributed by atoms with van der Waals surface area (Å²) in [5, 5.41) is 5.96. The van der Waals surface area contributed by atoms with Gasteiger partial charge in [-0.05, 0) is 25.5 Å². The van der Waals surface area contributed by atoms with Crippen LogP contribution in [-0.4, -0.2) is 25.1 Å². The molecule has 2 N–H and O–H groups in total. The Labute approximate surface area is 106 Å². The number of nitrogens with one attached hydrogen (secondary N) is 2. The van der Waals surface area contributed by atoms with E-state index in [-0.39, 0.29) is 23.5 Å². The van der Waals surface area contributed by atoms with Gasteiger partial charge in [0.15, 0.2) is 11.6 Å². The van der Waals surface area contributed by atoms with Crippen LogP contribution in [0.3, 0.4) is 0 Å². The highest BCUT2D eigenvalue weighted by Crippen LogP contribution is 2.21. The van der Waals surface area contributed by atoms with Crippen molar-refractivity contribution in [3.05, 3.63) is 24.0 Å². The third kappa shape index (κ3) is 3.12. The van der Waals surface area contributed by atoms with E-state index in [1.807, 2.05) is 6.92 Å². The number of hydrogen-bond acceptors (Lipinski definition) is 3. The van der Waals surface area contributed by atoms with E-state index in [0.29, 0.717) is 25.3 Å². The second-order valence-corrected chi connectivity index (χ2v) is 4.26. The second kappa shape index (κ2) is 5.71. The monoisotopic (exact) mass is 252 g/mol. The summed E-state index contributed by atoms with van der Waals surface area (Å²) in [4.78, 5) is 11.0. The molecule has 1 aromatic rings. The molecule has 0 saturated carbocycles. The highest BCUT2D eigenvalue weighted by molar-refractivity contribution is 5.78. The first-order valence-corrected chi connectivity index (χ1v) is 6.14. The summed E-state index contributed by atoms with van der Waals surface area (Å²) in [5.41, 5.74) is 0.692. The van der Waals surface area contributed by atoms with Crippen LogP contribution in [0.1, 0.15) is 19.8 Å². The van der Waals surface area contributed by atoms with Crippen LogP contribution in [0.5, 0.6) is 5.75 Å². The zero-order chi connectivity index (χ0) is 13.0. The average molecular weight is 252 g/mol. The second-order valence-electron chi connectivity index (χ2n) is 4.26. The number of rotatable bonds is 5. The van der Waals surface area contributed by atoms with E-state index in [2.05, 4.69) is 10.6 Å². The number of carbonyl (C=O) groups excluding carboxylic acids is 1. The van der Waals surface area contributed by atoms with Gasteiger partial charge in [0.2, 0.25) is 5.91 Å². The maximum absolute atomic E-state index is 13.6. The fraction of sp³-hybridized carbons (Fsp3) is 0.462. The third-order valence-electron chi connectivity index (χ3n) is 2.87. The Kier molecular flexibility index (Phi) is 4.02. The largest absolute Gasteiger partial charge is 0.491 e. The predicted octanol–water partition coefficient (Wildman–Crippen LogP) is 1.91. The molecular weight excluding hydrogens is 235 g/mol. The van der Waals surface area contributed by atoms with E-state index in [1.54, 1.807) is 12.1 Å². The molecule has 1 heterocycles. The molecular formula is C13H17FN2O2. The SMILES string of the molecule is CCOc1ccc(NCC2CCC(=O)N2)cc1F. The molecule has 98 valence electrons. The smallest absolute Gasteiger partial charge is 0.220 e. The number of ether oxygens (including phenoxy) is 1. The Morgan fingerprint density at radius 2 is 2.39 bits per heavy atom. The summed E-state index contributed by atoms with van der Waals surface area (Å²) in [6, 6.07) is 4.91. The Hall–Kier alpha value is -1.78. The lowest BCUT2D eigenvalue weighted by molar-refractivity contribution is -0.119. The van der Waals surface area contributed by atoms with Crippen molar-refractivity contribution in [3.63, 3.8) is 0 Å². The molecule has 0 aliphatic carbocycles. The van der Waals surface area contributed by atoms with E-state index < -0.39 is 0 Å². The minimum absolute atomic E-state index is 0.0830. The van der Waals surface area contributed by atoms with Gasteiger partial charge in [-0.2, -0.15) is 0 Å². The van der Waals surface area contributed by atoms with Crippen molar-refractivity contribution >= 4 is 11.6 Å². The van der Waals surface area contributed by atoms with Crippen molar-refractivity contribution in [2.75, 3.05) is 18.5 Å². The Morgan fingerprint density at radius 3 is 3.00 bits per heavy atom. The summed E-state index contributed by atoms with van der Waals surface area (Å²) in [5.74, 6) is -0.0331. The Morgan fingerprint density at radius 1 is 1.56 bits per heavy atom. The van der Waals surface area contributed by atoms with Crippen LogP contribution < -0.4 is 15.4 Å². The van der Waals surface area contributed by atoms with E-state index in [9.17, 15) is 9.18 Å². The van der Waals surface area contributed by atoms with E-state index in [0.717, 1.165) is 6.42 Å². The molecule has 4 nitrogen and oxygen atoms in total. The van der Waals surface area contributed by atoms with Gasteiger partial charge in [0, 0.05) is 30.8 Å². The van der Waals surface area contributed by atoms with Gasteiger partial charge in [-0.3, -0.25) is 4.79 Å². The van der Waals surface area contributed by atoms with E-state index in [4.69, 9.17) is 4.74 Å². The van der Waals surface area contributed by atoms with Crippen LogP contribution in [0.2, 0.25) is 0 Å². The highest BCUT2D eigenvalue weighted by Gasteiger charge is 2.20. The van der Waals surface area contributed by atoms with Gasteiger partial charge in [-0.15, -0.1) is 0 Å². The molecule has 1 unspecified atom stereocenters. The van der Waals surface area contributed by atoms with Gasteiger partial charge in [-0.25, -0.2) is 4.39 Å². The number of amides is 1. The normalized spacial score (nSPS) is 18.6. The molecule has 0 aromatic heterocycles. The van der Waals surface area contributed by atoms with Crippen molar-refractivity contribution < 1.29 is 13.9 Å². The van der Waals surface area contributed by atoms with Crippen LogP contribution in [-0.2, 0) is 4.79 Å². The minimum Gasteiger partial charge on any atom is -0.491 e. The molecule has 1 atom stereocenters. The Balaban J connectivity index is 1.89. The maximum Gasteiger partial charge on any atom is 0.220 e. The van der Waals surface area contributed by atoms with Gasteiger partial charge in [0.05, 0.1) is 6.61 Å². The summed E-state index contributed by atoms with van der Waals surface area (Å²) in [7, 11) is 0. The number of hydrogen-bond donors (Lipinski definition) is 2. The summed E-state index contributed by atoms with van der Waals surface area (Å²) < 4.78 is 18.7. The van der Waals surface area contributed by atoms with Gasteiger partial charge in [0.25, 0.3) is 0 Å². The third-order valence-corrected chi connectivity index (χ3v) is 2.87. The van der Waals surface area contributed by atoms with E-state index >= 15 is 0 Å². The first-order chi connectivity index (χ1) is 8.69. The lowest BCUT2D eigenvalue weighted by Crippen LogP contribution is -2.31. The van der Waals surface area contributed by atoms with Gasteiger partial charge >= 0.3 is 0 Å². The van der Waals surface area contributed by atoms with Gasteiger partial charge in [-0.1, -0.05) is 0 Å². The van der Waals surface area contributed by atoms with Crippen molar-refractivity contribution in [3.8, 4) is 5.75 Å². The van der Waals surface area contributed by atoms with Gasteiger partial charge in [0.1, 0.15) is 0 Å². The zero-order valence-electron chi connectivity index (χ0n) is 10.3. The van der Waals surface area contributed by atoms with Crippen LogP contribution in [0.25, 0.3) is 0 Å². The molecule has 1 aromatic carbocycles. The molecule has 2 rings (SSSR count). The molecule has 5 heteroatoms. The van der Waals surface area contributed by atoms with Crippen LogP contribution >= 0.6 is 0 Å². The number of carbonyl (C=O) groups is 1. The summed E-state index contributed by atoms with van der Waals surface area (Å²) >= 11 is 0. The topological polar surface area (TPSA) is 50.4 Å². The lowest BCUT2D eigenvalue weighted by Gasteiger charge is -2.13. The Bertz CT molecular complexity index is 437. The van der Waals surface area contributed by atoms with Crippen LogP contribution in [0.15, 0.2) is 18.2 Å². The number of anilines is 1. The molecule has 1 fully saturated rings. The first-order valence-electron chi connectivity index (χ1n) is 6.14. The molecule has 0 bridgehead atoms. The van der Waals surface area contributed by atoms with E-state index in [1.165, 1.54) is 6.07 Å². The van der Waals surface area contributed by atoms with Crippen molar-refractivity contribution in [1.29, 1.82) is 0 Å². The van der Waals surface area contributed by atoms with Crippen molar-refractivity contribution in [1.82, 2.24) is 5.32 Å². The molecule has 1 amide bonds. The fourth-order valence-electron chi connectivity index (χ4n) is 1.95. The maximum atomic E-state index is 13.6. The molecule has 18 heavy (non-hydrogen) atoms. The standard InChI is InChI=1S/C13H17FN2O2/c1-2-18-12-5-3-9(7-11(12)14)15-8-10-4-6-13(17)16-10/h3,5,7,10,15H,2,4,6,8H2,1H3,(H,16,17). The molecule has 0 spiro atoms. The number of benzene rings is 1. The quantitative estimate of drug-likeness (QED) is 0.841. The highest BCUT2D eigenvalue weighted by atomic mass is 19.1. The summed E-state index contributed by atoms with van der Waals surface area (Å²) in [6.07, 6.45) is 1.40. The fourth-order valence-corrected chi connectivity index (χ4v) is 1.95. The molecule has 1 aliphatic rings. The molecule has 1 aliphatic heterocycles.